The van der Waals surface area contributed by atoms with E-state index < -0.39 is 22.8 Å². The molecule has 0 heterocycles. The second-order valence-corrected chi connectivity index (χ2v) is 6.14. The number of carbonyl (C=O) groups excluding carboxylic acids is 4. The van der Waals surface area contributed by atoms with Crippen molar-refractivity contribution in [2.24, 2.45) is 0 Å². The first-order chi connectivity index (χ1) is 12.3. The van der Waals surface area contributed by atoms with E-state index in [-0.39, 0.29) is 21.2 Å². The molecule has 1 aromatic carbocycles. The van der Waals surface area contributed by atoms with Crippen LogP contribution in [0.15, 0.2) is 21.9 Å². The summed E-state index contributed by atoms with van der Waals surface area (Å²) in [4.78, 5) is 46.7. The third-order valence-corrected chi connectivity index (χ3v) is 4.43. The molecular formula is C14H16N2O8S2. The number of nitrogens with one attached hydrogen (secondary N) is 2. The van der Waals surface area contributed by atoms with Crippen LogP contribution in [0.4, 0.5) is 30.6 Å². The van der Waals surface area contributed by atoms with Crippen molar-refractivity contribution in [2.75, 3.05) is 39.1 Å². The maximum atomic E-state index is 11.6. The van der Waals surface area contributed by atoms with Gasteiger partial charge in [-0.05, 0) is 35.7 Å². The molecule has 0 aliphatic carbocycles. The summed E-state index contributed by atoms with van der Waals surface area (Å²) < 4.78 is 18.2. The van der Waals surface area contributed by atoms with Crippen LogP contribution in [0.5, 0.6) is 0 Å². The Labute approximate surface area is 157 Å². The summed E-state index contributed by atoms with van der Waals surface area (Å²) in [5, 5.41) is 3.52. The standard InChI is InChI=1S/C14H16N2O8S2/c1-21-11(17)15-7-5-10(26-14(20)24-4)8(16-12(18)22-2)6-9(7)25-13(19)23-3/h5-6H,1-4H3,(H,15,17)(H,16,18). The molecule has 0 spiro atoms. The first kappa shape index (κ1) is 21.4. The van der Waals surface area contributed by atoms with E-state index in [1.165, 1.54) is 40.6 Å². The molecule has 0 aliphatic heterocycles. The third-order valence-electron chi connectivity index (χ3n) is 2.65. The van der Waals surface area contributed by atoms with Gasteiger partial charge in [0.15, 0.2) is 0 Å². The van der Waals surface area contributed by atoms with Gasteiger partial charge in [0.05, 0.1) is 39.8 Å². The van der Waals surface area contributed by atoms with Crippen molar-refractivity contribution in [2.45, 2.75) is 9.79 Å². The predicted molar refractivity (Wildman–Crippen MR) is 95.0 cm³/mol. The highest BCUT2D eigenvalue weighted by atomic mass is 32.2. The van der Waals surface area contributed by atoms with Gasteiger partial charge in [-0.1, -0.05) is 0 Å². The summed E-state index contributed by atoms with van der Waals surface area (Å²) in [7, 11) is 4.72. The molecule has 0 saturated heterocycles. The van der Waals surface area contributed by atoms with Crippen molar-refractivity contribution in [3.05, 3.63) is 12.1 Å². The second kappa shape index (κ2) is 10.4. The highest BCUT2D eigenvalue weighted by Gasteiger charge is 2.20. The van der Waals surface area contributed by atoms with Gasteiger partial charge < -0.3 is 18.9 Å². The highest BCUT2D eigenvalue weighted by molar-refractivity contribution is 8.13. The molecule has 12 heteroatoms. The topological polar surface area (TPSA) is 129 Å². The van der Waals surface area contributed by atoms with Crippen LogP contribution in [-0.2, 0) is 18.9 Å². The van der Waals surface area contributed by atoms with Crippen LogP contribution in [0.2, 0.25) is 0 Å². The summed E-state index contributed by atoms with van der Waals surface area (Å²) in [6.07, 6.45) is -1.58. The average molecular weight is 404 g/mol. The van der Waals surface area contributed by atoms with Crippen molar-refractivity contribution in [3.63, 3.8) is 0 Å². The summed E-state index contributed by atoms with van der Waals surface area (Å²) in [6, 6.07) is 2.74. The van der Waals surface area contributed by atoms with Crippen molar-refractivity contribution in [1.29, 1.82) is 0 Å². The monoisotopic (exact) mass is 404 g/mol. The number of thioether (sulfide) groups is 2. The number of rotatable bonds is 4. The van der Waals surface area contributed by atoms with Crippen LogP contribution in [0.25, 0.3) is 0 Å². The zero-order chi connectivity index (χ0) is 19.7. The molecule has 0 bridgehead atoms. The molecular weight excluding hydrogens is 388 g/mol. The Morgan fingerprint density at radius 2 is 1.04 bits per heavy atom. The van der Waals surface area contributed by atoms with Gasteiger partial charge in [0.25, 0.3) is 0 Å². The predicted octanol–water partition coefficient (Wildman–Crippen LogP) is 3.76. The molecule has 0 aliphatic rings. The molecule has 0 aromatic heterocycles. The van der Waals surface area contributed by atoms with Gasteiger partial charge in [-0.25, -0.2) is 19.2 Å². The molecule has 0 atom stereocenters. The maximum absolute atomic E-state index is 11.6. The van der Waals surface area contributed by atoms with Crippen LogP contribution in [0.1, 0.15) is 0 Å². The fraction of sp³-hybridized carbons (Fsp3) is 0.286. The van der Waals surface area contributed by atoms with Gasteiger partial charge in [0.1, 0.15) is 0 Å². The molecule has 0 radical (unpaired) electrons. The molecule has 0 saturated carbocycles. The number of amides is 2. The smallest absolute Gasteiger partial charge is 0.411 e. The fourth-order valence-electron chi connectivity index (χ4n) is 1.51. The van der Waals surface area contributed by atoms with Gasteiger partial charge in [-0.15, -0.1) is 0 Å². The molecule has 0 unspecified atom stereocenters. The molecule has 1 aromatic rings. The molecule has 1 rings (SSSR count). The summed E-state index contributed by atoms with van der Waals surface area (Å²) in [5.74, 6) is 0. The number of hydrogen-bond acceptors (Lipinski definition) is 10. The largest absolute Gasteiger partial charge is 0.461 e. The van der Waals surface area contributed by atoms with E-state index in [1.807, 2.05) is 0 Å². The highest BCUT2D eigenvalue weighted by Crippen LogP contribution is 2.39. The summed E-state index contributed by atoms with van der Waals surface area (Å²) in [6.45, 7) is 0. The van der Waals surface area contributed by atoms with Crippen LogP contribution in [-0.4, -0.2) is 51.2 Å². The normalized spacial score (nSPS) is 9.69. The van der Waals surface area contributed by atoms with Crippen molar-refractivity contribution >= 4 is 57.7 Å². The van der Waals surface area contributed by atoms with Gasteiger partial charge in [0, 0.05) is 9.79 Å². The second-order valence-electron chi connectivity index (χ2n) is 4.19. The fourth-order valence-corrected chi connectivity index (χ4v) is 2.83. The van der Waals surface area contributed by atoms with Crippen molar-refractivity contribution < 1.29 is 38.1 Å². The SMILES string of the molecule is COC(=O)Nc1cc(SC(=O)OC)c(NC(=O)OC)cc1SC(=O)OC. The van der Waals surface area contributed by atoms with Crippen LogP contribution >= 0.6 is 23.5 Å². The lowest BCUT2D eigenvalue weighted by Gasteiger charge is -2.15. The van der Waals surface area contributed by atoms with Crippen LogP contribution in [0, 0.1) is 0 Å². The minimum Gasteiger partial charge on any atom is -0.461 e. The molecule has 26 heavy (non-hydrogen) atoms. The Kier molecular flexibility index (Phi) is 8.58. The van der Waals surface area contributed by atoms with E-state index in [9.17, 15) is 19.2 Å². The van der Waals surface area contributed by atoms with Crippen LogP contribution in [0.3, 0.4) is 0 Å². The zero-order valence-electron chi connectivity index (χ0n) is 14.2. The molecule has 142 valence electrons. The number of methoxy groups -OCH3 is 4. The summed E-state index contributed by atoms with van der Waals surface area (Å²) in [5.41, 5.74) is 0.322. The minimum atomic E-state index is -0.792. The van der Waals surface area contributed by atoms with Gasteiger partial charge in [-0.3, -0.25) is 10.6 Å². The quantitative estimate of drug-likeness (QED) is 0.434. The van der Waals surface area contributed by atoms with Crippen LogP contribution < -0.4 is 10.6 Å². The third kappa shape index (κ3) is 6.37. The average Bonchev–Trinajstić information content (AvgIpc) is 2.63. The molecule has 2 amide bonds. The Morgan fingerprint density at radius 1 is 0.692 bits per heavy atom. The lowest BCUT2D eigenvalue weighted by molar-refractivity contribution is 0.186. The van der Waals surface area contributed by atoms with E-state index in [1.54, 1.807) is 0 Å². The lowest BCUT2D eigenvalue weighted by Crippen LogP contribution is -2.15. The Bertz CT molecular complexity index is 596. The van der Waals surface area contributed by atoms with E-state index in [0.717, 1.165) is 0 Å². The summed E-state index contributed by atoms with van der Waals surface area (Å²) >= 11 is 1.31. The van der Waals surface area contributed by atoms with Gasteiger partial charge in [0.2, 0.25) is 0 Å². The Hall–Kier alpha value is -2.60. The molecule has 10 nitrogen and oxygen atoms in total. The van der Waals surface area contributed by atoms with Crippen molar-refractivity contribution in [3.8, 4) is 0 Å². The Morgan fingerprint density at radius 3 is 1.31 bits per heavy atom. The number of hydrogen-bond donors (Lipinski definition) is 2. The molecule has 2 N–H and O–H groups in total. The minimum absolute atomic E-state index is 0.161. The number of benzene rings is 1. The number of ether oxygens (including phenoxy) is 4. The lowest BCUT2D eigenvalue weighted by atomic mass is 10.2. The van der Waals surface area contributed by atoms with Gasteiger partial charge >= 0.3 is 22.8 Å². The number of anilines is 2. The zero-order valence-corrected chi connectivity index (χ0v) is 15.9. The van der Waals surface area contributed by atoms with E-state index in [4.69, 9.17) is 0 Å². The number of carbonyl (C=O) groups is 4. The van der Waals surface area contributed by atoms with E-state index in [0.29, 0.717) is 23.5 Å². The molecule has 0 fully saturated rings. The first-order valence-corrected chi connectivity index (χ1v) is 8.37. The van der Waals surface area contributed by atoms with Gasteiger partial charge in [-0.2, -0.15) is 0 Å². The maximum Gasteiger partial charge on any atom is 0.411 e. The first-order valence-electron chi connectivity index (χ1n) is 6.74. The Balaban J connectivity index is 3.41. The van der Waals surface area contributed by atoms with E-state index in [2.05, 4.69) is 29.6 Å². The van der Waals surface area contributed by atoms with E-state index >= 15 is 0 Å². The van der Waals surface area contributed by atoms with Crippen molar-refractivity contribution in [1.82, 2.24) is 0 Å².